The van der Waals surface area contributed by atoms with Gasteiger partial charge in [-0.3, -0.25) is 9.78 Å². The Hall–Kier alpha value is -2.24. The van der Waals surface area contributed by atoms with Crippen molar-refractivity contribution >= 4 is 5.97 Å². The van der Waals surface area contributed by atoms with Gasteiger partial charge in [-0.25, -0.2) is 8.78 Å². The average molecular weight is 280 g/mol. The number of pyridine rings is 1. The summed E-state index contributed by atoms with van der Waals surface area (Å²) >= 11 is 0. The van der Waals surface area contributed by atoms with Crippen molar-refractivity contribution in [2.75, 3.05) is 0 Å². The average Bonchev–Trinajstić information content (AvgIpc) is 2.25. The van der Waals surface area contributed by atoms with E-state index in [2.05, 4.69) is 4.98 Å². The summed E-state index contributed by atoms with van der Waals surface area (Å²) in [5.41, 5.74) is -5.08. The second kappa shape index (κ2) is 5.17. The monoisotopic (exact) mass is 280 g/mol. The van der Waals surface area contributed by atoms with E-state index in [-0.39, 0.29) is 0 Å². The molecular formula is C10H5F5N2O2. The van der Waals surface area contributed by atoms with E-state index < -0.39 is 47.5 Å². The molecule has 0 aromatic carbocycles. The molecule has 1 heterocycles. The number of carboxylic acids is 1. The van der Waals surface area contributed by atoms with Crippen LogP contribution in [0, 0.1) is 11.3 Å². The van der Waals surface area contributed by atoms with E-state index in [1.165, 1.54) is 0 Å². The number of hydrogen-bond acceptors (Lipinski definition) is 3. The normalized spacial score (nSPS) is 11.4. The highest BCUT2D eigenvalue weighted by Gasteiger charge is 2.40. The number of nitriles is 1. The third-order valence-electron chi connectivity index (χ3n) is 2.04. The van der Waals surface area contributed by atoms with Gasteiger partial charge in [0.25, 0.3) is 6.43 Å². The van der Waals surface area contributed by atoms with Crippen LogP contribution in [0.5, 0.6) is 0 Å². The molecule has 19 heavy (non-hydrogen) atoms. The minimum absolute atomic E-state index is 0.535. The molecule has 1 aromatic heterocycles. The quantitative estimate of drug-likeness (QED) is 0.863. The van der Waals surface area contributed by atoms with Gasteiger partial charge in [0.05, 0.1) is 23.7 Å². The molecule has 0 atom stereocenters. The Morgan fingerprint density at radius 3 is 2.42 bits per heavy atom. The SMILES string of the molecule is N#Cc1cc(CC(=O)O)nc(C(F)F)c1C(F)(F)F. The number of aliphatic carboxylic acids is 1. The minimum atomic E-state index is -5.18. The zero-order valence-corrected chi connectivity index (χ0v) is 9.00. The lowest BCUT2D eigenvalue weighted by Gasteiger charge is -2.14. The summed E-state index contributed by atoms with van der Waals surface area (Å²) in [7, 11) is 0. The summed E-state index contributed by atoms with van der Waals surface area (Å²) in [6.45, 7) is 0. The molecule has 0 fully saturated rings. The summed E-state index contributed by atoms with van der Waals surface area (Å²) in [5, 5.41) is 17.0. The summed E-state index contributed by atoms with van der Waals surface area (Å²) in [6.07, 6.45) is -9.60. The molecule has 0 spiro atoms. The number of halogens is 5. The molecule has 4 nitrogen and oxygen atoms in total. The van der Waals surface area contributed by atoms with Crippen LogP contribution in [0.3, 0.4) is 0 Å². The van der Waals surface area contributed by atoms with E-state index in [0.29, 0.717) is 6.07 Å². The third kappa shape index (κ3) is 3.37. The van der Waals surface area contributed by atoms with Gasteiger partial charge >= 0.3 is 12.1 Å². The maximum atomic E-state index is 12.6. The Morgan fingerprint density at radius 2 is 2.05 bits per heavy atom. The smallest absolute Gasteiger partial charge is 0.419 e. The first-order valence-electron chi connectivity index (χ1n) is 4.68. The maximum Gasteiger partial charge on any atom is 0.419 e. The number of alkyl halides is 5. The molecule has 0 aliphatic heterocycles. The summed E-state index contributed by atoms with van der Waals surface area (Å²) in [6, 6.07) is 1.67. The molecule has 0 radical (unpaired) electrons. The lowest BCUT2D eigenvalue weighted by molar-refractivity contribution is -0.140. The number of hydrogen-bond donors (Lipinski definition) is 1. The van der Waals surface area contributed by atoms with Crippen LogP contribution in [0.1, 0.15) is 28.9 Å². The summed E-state index contributed by atoms with van der Waals surface area (Å²) in [5.74, 6) is -1.46. The highest BCUT2D eigenvalue weighted by atomic mass is 19.4. The maximum absolute atomic E-state index is 12.6. The van der Waals surface area contributed by atoms with E-state index in [4.69, 9.17) is 10.4 Å². The molecule has 0 saturated heterocycles. The van der Waals surface area contributed by atoms with Crippen LogP contribution in [-0.4, -0.2) is 16.1 Å². The van der Waals surface area contributed by atoms with Gasteiger partial charge in [-0.15, -0.1) is 0 Å². The van der Waals surface area contributed by atoms with Crippen molar-refractivity contribution < 1.29 is 31.9 Å². The standard InChI is InChI=1S/C10H5F5N2O2/c11-9(12)8-7(10(13,14)15)4(3-16)1-5(17-8)2-6(18)19/h1,9H,2H2,(H,18,19). The van der Waals surface area contributed by atoms with Crippen LogP contribution >= 0.6 is 0 Å². The van der Waals surface area contributed by atoms with Gasteiger partial charge in [0, 0.05) is 0 Å². The number of nitrogens with zero attached hydrogens (tertiary/aromatic N) is 2. The van der Waals surface area contributed by atoms with Gasteiger partial charge in [0.2, 0.25) is 0 Å². The predicted octanol–water partition coefficient (Wildman–Crippen LogP) is 2.54. The number of rotatable bonds is 3. The molecule has 0 saturated carbocycles. The van der Waals surface area contributed by atoms with E-state index in [0.717, 1.165) is 6.07 Å². The van der Waals surface area contributed by atoms with Gasteiger partial charge < -0.3 is 5.11 Å². The largest absolute Gasteiger partial charge is 0.481 e. The van der Waals surface area contributed by atoms with E-state index in [9.17, 15) is 26.7 Å². The summed E-state index contributed by atoms with van der Waals surface area (Å²) < 4.78 is 63.0. The molecule has 1 N–H and O–H groups in total. The van der Waals surface area contributed by atoms with Crippen molar-refractivity contribution in [1.29, 1.82) is 5.26 Å². The fourth-order valence-corrected chi connectivity index (χ4v) is 1.41. The van der Waals surface area contributed by atoms with Crippen molar-refractivity contribution in [3.8, 4) is 6.07 Å². The van der Waals surface area contributed by atoms with E-state index in [1.807, 2.05) is 0 Å². The lowest BCUT2D eigenvalue weighted by atomic mass is 10.0. The van der Waals surface area contributed by atoms with Crippen LogP contribution in [-0.2, 0) is 17.4 Å². The van der Waals surface area contributed by atoms with E-state index >= 15 is 0 Å². The molecule has 0 aliphatic carbocycles. The highest BCUT2D eigenvalue weighted by Crippen LogP contribution is 2.37. The van der Waals surface area contributed by atoms with Gasteiger partial charge in [0.1, 0.15) is 11.3 Å². The molecule has 0 amide bonds. The topological polar surface area (TPSA) is 74.0 Å². The molecule has 1 aromatic rings. The van der Waals surface area contributed by atoms with E-state index in [1.54, 1.807) is 0 Å². The van der Waals surface area contributed by atoms with Crippen LogP contribution in [0.2, 0.25) is 0 Å². The number of carboxylic acid groups (broad SMARTS) is 1. The highest BCUT2D eigenvalue weighted by molar-refractivity contribution is 5.69. The molecule has 102 valence electrons. The van der Waals surface area contributed by atoms with Crippen LogP contribution in [0.15, 0.2) is 6.07 Å². The first-order chi connectivity index (χ1) is 8.66. The first kappa shape index (κ1) is 14.8. The molecule has 0 unspecified atom stereocenters. The molecule has 0 bridgehead atoms. The van der Waals surface area contributed by atoms with Crippen LogP contribution in [0.25, 0.3) is 0 Å². The second-order valence-electron chi connectivity index (χ2n) is 3.40. The Morgan fingerprint density at radius 1 is 1.47 bits per heavy atom. The third-order valence-corrected chi connectivity index (χ3v) is 2.04. The fourth-order valence-electron chi connectivity index (χ4n) is 1.41. The zero-order valence-electron chi connectivity index (χ0n) is 9.00. The molecule has 1 rings (SSSR count). The molecule has 0 aliphatic rings. The predicted molar refractivity (Wildman–Crippen MR) is 50.3 cm³/mol. The van der Waals surface area contributed by atoms with Gasteiger partial charge in [-0.2, -0.15) is 18.4 Å². The van der Waals surface area contributed by atoms with Crippen molar-refractivity contribution in [3.05, 3.63) is 28.6 Å². The van der Waals surface area contributed by atoms with Gasteiger partial charge in [-0.1, -0.05) is 0 Å². The van der Waals surface area contributed by atoms with Crippen molar-refractivity contribution in [1.82, 2.24) is 4.98 Å². The zero-order chi connectivity index (χ0) is 14.8. The Bertz CT molecular complexity index is 548. The Kier molecular flexibility index (Phi) is 4.04. The van der Waals surface area contributed by atoms with Crippen molar-refractivity contribution in [2.45, 2.75) is 19.0 Å². The van der Waals surface area contributed by atoms with Gasteiger partial charge in [0.15, 0.2) is 0 Å². The molecular weight excluding hydrogens is 275 g/mol. The lowest BCUT2D eigenvalue weighted by Crippen LogP contribution is -2.16. The Labute approximate surface area is 103 Å². The number of aromatic nitrogens is 1. The molecule has 9 heteroatoms. The van der Waals surface area contributed by atoms with Crippen LogP contribution in [0.4, 0.5) is 22.0 Å². The van der Waals surface area contributed by atoms with Crippen molar-refractivity contribution in [3.63, 3.8) is 0 Å². The van der Waals surface area contributed by atoms with Crippen molar-refractivity contribution in [2.24, 2.45) is 0 Å². The fraction of sp³-hybridized carbons (Fsp3) is 0.300. The number of carbonyl (C=O) groups is 1. The Balaban J connectivity index is 3.55. The van der Waals surface area contributed by atoms with Crippen LogP contribution < -0.4 is 0 Å². The second-order valence-corrected chi connectivity index (χ2v) is 3.40. The first-order valence-corrected chi connectivity index (χ1v) is 4.68. The minimum Gasteiger partial charge on any atom is -0.481 e. The van der Waals surface area contributed by atoms with Gasteiger partial charge in [-0.05, 0) is 6.07 Å². The summed E-state index contributed by atoms with van der Waals surface area (Å²) in [4.78, 5) is 13.4.